The number of alkyl halides is 3. The van der Waals surface area contributed by atoms with Gasteiger partial charge in [-0.15, -0.1) is 0 Å². The average molecular weight is 417 g/mol. The smallest absolute Gasteiger partial charge is 0.416 e. The van der Waals surface area contributed by atoms with E-state index in [0.29, 0.717) is 25.4 Å². The SMILES string of the molecule is C=C1CCc2cc(OCC3CN(C(=O)Nc4ccc(C(F)(F)F)cc4)C3)ccc2N1. The Morgan fingerprint density at radius 1 is 1.17 bits per heavy atom. The van der Waals surface area contributed by atoms with Crippen LogP contribution in [0.4, 0.5) is 29.3 Å². The molecule has 4 rings (SSSR count). The Morgan fingerprint density at radius 3 is 2.60 bits per heavy atom. The first kappa shape index (κ1) is 20.1. The summed E-state index contributed by atoms with van der Waals surface area (Å²) in [5.41, 5.74) is 2.86. The highest BCUT2D eigenvalue weighted by Gasteiger charge is 2.32. The van der Waals surface area contributed by atoms with Crippen LogP contribution in [0.25, 0.3) is 0 Å². The number of hydrogen-bond donors (Lipinski definition) is 2. The number of carbonyl (C=O) groups excluding carboxylic acids is 1. The molecule has 2 aliphatic heterocycles. The number of benzene rings is 2. The molecule has 8 heteroatoms. The van der Waals surface area contributed by atoms with Crippen molar-refractivity contribution < 1.29 is 22.7 Å². The van der Waals surface area contributed by atoms with E-state index in [0.717, 1.165) is 42.1 Å². The minimum absolute atomic E-state index is 0.220. The number of nitrogens with one attached hydrogen (secondary N) is 2. The summed E-state index contributed by atoms with van der Waals surface area (Å²) in [4.78, 5) is 13.8. The van der Waals surface area contributed by atoms with E-state index in [9.17, 15) is 18.0 Å². The predicted octanol–water partition coefficient (Wildman–Crippen LogP) is 5.12. The van der Waals surface area contributed by atoms with E-state index in [1.807, 2.05) is 18.2 Å². The van der Waals surface area contributed by atoms with Gasteiger partial charge in [-0.1, -0.05) is 6.58 Å². The number of amides is 2. The maximum Gasteiger partial charge on any atom is 0.416 e. The van der Waals surface area contributed by atoms with Crippen molar-refractivity contribution in [3.63, 3.8) is 0 Å². The third kappa shape index (κ3) is 4.53. The minimum atomic E-state index is -4.39. The zero-order valence-electron chi connectivity index (χ0n) is 16.3. The van der Waals surface area contributed by atoms with Crippen LogP contribution in [-0.2, 0) is 12.6 Å². The molecule has 0 spiro atoms. The Labute approximate surface area is 172 Å². The molecule has 0 aliphatic carbocycles. The second-order valence-electron chi connectivity index (χ2n) is 7.63. The molecule has 2 heterocycles. The van der Waals surface area contributed by atoms with Crippen LogP contribution in [0.5, 0.6) is 5.75 Å². The number of aryl methyl sites for hydroxylation is 1. The lowest BCUT2D eigenvalue weighted by Gasteiger charge is -2.38. The molecule has 0 aromatic heterocycles. The van der Waals surface area contributed by atoms with Crippen LogP contribution in [0.2, 0.25) is 0 Å². The number of rotatable bonds is 4. The normalized spacial score (nSPS) is 16.4. The topological polar surface area (TPSA) is 53.6 Å². The van der Waals surface area contributed by atoms with Gasteiger partial charge in [0.2, 0.25) is 0 Å². The number of allylic oxidation sites excluding steroid dienone is 1. The summed E-state index contributed by atoms with van der Waals surface area (Å²) in [6.07, 6.45) is -2.56. The third-order valence-corrected chi connectivity index (χ3v) is 5.28. The molecule has 0 bridgehead atoms. The lowest BCUT2D eigenvalue weighted by Crippen LogP contribution is -2.53. The highest BCUT2D eigenvalue weighted by molar-refractivity contribution is 5.89. The first-order valence-corrected chi connectivity index (χ1v) is 9.71. The van der Waals surface area contributed by atoms with Crippen LogP contribution in [0, 0.1) is 5.92 Å². The van der Waals surface area contributed by atoms with Crippen molar-refractivity contribution in [2.75, 3.05) is 30.3 Å². The fraction of sp³-hybridized carbons (Fsp3) is 0.318. The monoisotopic (exact) mass is 417 g/mol. The van der Waals surface area contributed by atoms with Crippen LogP contribution in [-0.4, -0.2) is 30.6 Å². The molecule has 2 aromatic rings. The Balaban J connectivity index is 1.22. The van der Waals surface area contributed by atoms with Crippen molar-refractivity contribution in [2.45, 2.75) is 19.0 Å². The lowest BCUT2D eigenvalue weighted by molar-refractivity contribution is -0.137. The molecular formula is C22H22F3N3O2. The van der Waals surface area contributed by atoms with E-state index in [-0.39, 0.29) is 11.9 Å². The second-order valence-corrected chi connectivity index (χ2v) is 7.63. The standard InChI is InChI=1S/C22H22F3N3O2/c1-14-2-3-16-10-19(8-9-20(16)26-14)30-13-15-11-28(12-15)21(29)27-18-6-4-17(5-7-18)22(23,24)25/h4-10,15,26H,1-3,11-13H2,(H,27,29). The van der Waals surface area contributed by atoms with Gasteiger partial charge in [0.15, 0.2) is 0 Å². The average Bonchev–Trinajstić information content (AvgIpc) is 2.66. The Kier molecular flexibility index (Phi) is 5.32. The largest absolute Gasteiger partial charge is 0.493 e. The number of likely N-dealkylation sites (tertiary alicyclic amines) is 1. The van der Waals surface area contributed by atoms with Crippen LogP contribution in [0.3, 0.4) is 0 Å². The van der Waals surface area contributed by atoms with Crippen molar-refractivity contribution >= 4 is 17.4 Å². The van der Waals surface area contributed by atoms with Crippen LogP contribution >= 0.6 is 0 Å². The highest BCUT2D eigenvalue weighted by Crippen LogP contribution is 2.31. The summed E-state index contributed by atoms with van der Waals surface area (Å²) in [6.45, 7) is 5.53. The molecule has 2 amide bonds. The van der Waals surface area contributed by atoms with Gasteiger partial charge in [0, 0.05) is 36.1 Å². The molecule has 158 valence electrons. The number of halogens is 3. The van der Waals surface area contributed by atoms with Gasteiger partial charge in [0.05, 0.1) is 12.2 Å². The molecule has 0 unspecified atom stereocenters. The fourth-order valence-corrected chi connectivity index (χ4v) is 3.53. The lowest BCUT2D eigenvalue weighted by atomic mass is 10.0. The number of nitrogens with zero attached hydrogens (tertiary/aromatic N) is 1. The van der Waals surface area contributed by atoms with E-state index in [1.165, 1.54) is 17.7 Å². The summed E-state index contributed by atoms with van der Waals surface area (Å²) in [7, 11) is 0. The molecule has 1 fully saturated rings. The van der Waals surface area contributed by atoms with Gasteiger partial charge in [-0.05, 0) is 60.9 Å². The maximum atomic E-state index is 12.6. The quantitative estimate of drug-likeness (QED) is 0.726. The van der Waals surface area contributed by atoms with E-state index in [4.69, 9.17) is 4.74 Å². The Bertz CT molecular complexity index is 951. The zero-order valence-corrected chi connectivity index (χ0v) is 16.3. The molecule has 5 nitrogen and oxygen atoms in total. The van der Waals surface area contributed by atoms with E-state index >= 15 is 0 Å². The van der Waals surface area contributed by atoms with Crippen LogP contribution in [0.15, 0.2) is 54.7 Å². The van der Waals surface area contributed by atoms with Crippen molar-refractivity contribution in [1.29, 1.82) is 0 Å². The first-order chi connectivity index (χ1) is 14.3. The molecule has 0 radical (unpaired) electrons. The highest BCUT2D eigenvalue weighted by atomic mass is 19.4. The van der Waals surface area contributed by atoms with Crippen LogP contribution in [0.1, 0.15) is 17.5 Å². The number of urea groups is 1. The molecule has 0 saturated carbocycles. The predicted molar refractivity (Wildman–Crippen MR) is 109 cm³/mol. The van der Waals surface area contributed by atoms with E-state index in [2.05, 4.69) is 17.2 Å². The first-order valence-electron chi connectivity index (χ1n) is 9.71. The molecule has 2 N–H and O–H groups in total. The van der Waals surface area contributed by atoms with Gasteiger partial charge in [0.1, 0.15) is 5.75 Å². The zero-order chi connectivity index (χ0) is 21.3. The van der Waals surface area contributed by atoms with Gasteiger partial charge in [-0.2, -0.15) is 13.2 Å². The van der Waals surface area contributed by atoms with Crippen molar-refractivity contribution in [2.24, 2.45) is 5.92 Å². The molecule has 30 heavy (non-hydrogen) atoms. The Morgan fingerprint density at radius 2 is 1.90 bits per heavy atom. The van der Waals surface area contributed by atoms with Gasteiger partial charge in [0.25, 0.3) is 0 Å². The molecule has 2 aliphatic rings. The number of anilines is 2. The second kappa shape index (κ2) is 7.93. The molecule has 1 saturated heterocycles. The minimum Gasteiger partial charge on any atom is -0.493 e. The van der Waals surface area contributed by atoms with E-state index in [1.54, 1.807) is 4.90 Å². The molecule has 0 atom stereocenters. The maximum absolute atomic E-state index is 12.6. The van der Waals surface area contributed by atoms with Crippen molar-refractivity contribution in [3.8, 4) is 5.75 Å². The van der Waals surface area contributed by atoms with Gasteiger partial charge in [-0.25, -0.2) is 4.79 Å². The number of ether oxygens (including phenoxy) is 1. The van der Waals surface area contributed by atoms with Crippen LogP contribution < -0.4 is 15.4 Å². The summed E-state index contributed by atoms with van der Waals surface area (Å²) in [6, 6.07) is 10.0. The summed E-state index contributed by atoms with van der Waals surface area (Å²) in [5.74, 6) is 1.02. The molecular weight excluding hydrogens is 395 g/mol. The van der Waals surface area contributed by atoms with E-state index < -0.39 is 11.7 Å². The summed E-state index contributed by atoms with van der Waals surface area (Å²) >= 11 is 0. The fourth-order valence-electron chi connectivity index (χ4n) is 3.53. The summed E-state index contributed by atoms with van der Waals surface area (Å²) < 4.78 is 43.7. The third-order valence-electron chi connectivity index (χ3n) is 5.28. The van der Waals surface area contributed by atoms with Gasteiger partial charge < -0.3 is 20.3 Å². The van der Waals surface area contributed by atoms with Gasteiger partial charge in [-0.3, -0.25) is 0 Å². The van der Waals surface area contributed by atoms with Gasteiger partial charge >= 0.3 is 12.2 Å². The van der Waals surface area contributed by atoms with Crippen molar-refractivity contribution in [1.82, 2.24) is 4.90 Å². The Hall–Kier alpha value is -3.16. The number of fused-ring (bicyclic) bond motifs is 1. The molecule has 2 aromatic carbocycles. The van der Waals surface area contributed by atoms with Crippen molar-refractivity contribution in [3.05, 3.63) is 65.9 Å². The number of hydrogen-bond acceptors (Lipinski definition) is 3. The summed E-state index contributed by atoms with van der Waals surface area (Å²) in [5, 5.41) is 5.89. The number of carbonyl (C=O) groups is 1.